The zero-order chi connectivity index (χ0) is 13.0. The van der Waals surface area contributed by atoms with Gasteiger partial charge in [-0.1, -0.05) is 36.8 Å². The van der Waals surface area contributed by atoms with Crippen LogP contribution >= 0.6 is 0 Å². The first-order valence-electron chi connectivity index (χ1n) is 6.76. The average molecular weight is 246 g/mol. The van der Waals surface area contributed by atoms with Crippen LogP contribution in [0.2, 0.25) is 0 Å². The van der Waals surface area contributed by atoms with Crippen LogP contribution in [0.3, 0.4) is 0 Å². The molecule has 1 amide bonds. The van der Waals surface area contributed by atoms with E-state index < -0.39 is 0 Å². The molecule has 3 unspecified atom stereocenters. The minimum atomic E-state index is -0.264. The van der Waals surface area contributed by atoms with Gasteiger partial charge in [-0.3, -0.25) is 4.79 Å². The highest BCUT2D eigenvalue weighted by atomic mass is 16.1. The third kappa shape index (κ3) is 3.33. The maximum absolute atomic E-state index is 11.1. The predicted molar refractivity (Wildman–Crippen MR) is 73.1 cm³/mol. The number of carbonyl (C=O) groups is 1. The third-order valence-electron chi connectivity index (χ3n) is 3.89. The standard InChI is InChI=1S/C15H22N2O/c1-11(15(16)18)17-14-9-5-8-13(14)10-12-6-3-2-4-7-12/h2-4,6-7,11,13-14,17H,5,8-10H2,1H3,(H2,16,18). The molecule has 0 aliphatic heterocycles. The molecule has 0 heterocycles. The lowest BCUT2D eigenvalue weighted by molar-refractivity contribution is -0.119. The number of benzene rings is 1. The fourth-order valence-corrected chi connectivity index (χ4v) is 2.82. The second kappa shape index (κ2) is 6.01. The van der Waals surface area contributed by atoms with Crippen LogP contribution in [-0.4, -0.2) is 18.0 Å². The van der Waals surface area contributed by atoms with Crippen LogP contribution in [0, 0.1) is 5.92 Å². The van der Waals surface area contributed by atoms with Gasteiger partial charge in [0.2, 0.25) is 5.91 Å². The monoisotopic (exact) mass is 246 g/mol. The van der Waals surface area contributed by atoms with Gasteiger partial charge in [0.15, 0.2) is 0 Å². The molecule has 3 atom stereocenters. The summed E-state index contributed by atoms with van der Waals surface area (Å²) in [5, 5.41) is 3.37. The Balaban J connectivity index is 1.93. The van der Waals surface area contributed by atoms with Crippen LogP contribution in [0.25, 0.3) is 0 Å². The highest BCUT2D eigenvalue weighted by Gasteiger charge is 2.29. The van der Waals surface area contributed by atoms with E-state index in [9.17, 15) is 4.79 Å². The average Bonchev–Trinajstić information content (AvgIpc) is 2.78. The summed E-state index contributed by atoms with van der Waals surface area (Å²) in [6.07, 6.45) is 4.71. The molecule has 0 radical (unpaired) electrons. The second-order valence-corrected chi connectivity index (χ2v) is 5.28. The molecule has 98 valence electrons. The summed E-state index contributed by atoms with van der Waals surface area (Å²) < 4.78 is 0. The maximum atomic E-state index is 11.1. The van der Waals surface area contributed by atoms with Crippen LogP contribution in [-0.2, 0) is 11.2 Å². The number of nitrogens with one attached hydrogen (secondary N) is 1. The van der Waals surface area contributed by atoms with Crippen LogP contribution < -0.4 is 11.1 Å². The minimum absolute atomic E-state index is 0.230. The molecule has 0 saturated heterocycles. The van der Waals surface area contributed by atoms with E-state index in [2.05, 4.69) is 29.6 Å². The number of nitrogens with two attached hydrogens (primary N) is 1. The van der Waals surface area contributed by atoms with E-state index >= 15 is 0 Å². The van der Waals surface area contributed by atoms with Crippen molar-refractivity contribution in [3.63, 3.8) is 0 Å². The van der Waals surface area contributed by atoms with E-state index in [0.717, 1.165) is 12.8 Å². The van der Waals surface area contributed by atoms with E-state index in [1.807, 2.05) is 13.0 Å². The Morgan fingerprint density at radius 3 is 2.78 bits per heavy atom. The molecule has 3 nitrogen and oxygen atoms in total. The summed E-state index contributed by atoms with van der Waals surface area (Å²) >= 11 is 0. The molecule has 1 saturated carbocycles. The zero-order valence-corrected chi connectivity index (χ0v) is 10.9. The van der Waals surface area contributed by atoms with Gasteiger partial charge in [-0.15, -0.1) is 0 Å². The van der Waals surface area contributed by atoms with Gasteiger partial charge >= 0.3 is 0 Å². The van der Waals surface area contributed by atoms with Crippen molar-refractivity contribution in [3.8, 4) is 0 Å². The largest absolute Gasteiger partial charge is 0.368 e. The van der Waals surface area contributed by atoms with Crippen molar-refractivity contribution >= 4 is 5.91 Å². The van der Waals surface area contributed by atoms with Gasteiger partial charge in [0.25, 0.3) is 0 Å². The van der Waals surface area contributed by atoms with E-state index in [0.29, 0.717) is 12.0 Å². The molecule has 18 heavy (non-hydrogen) atoms. The molecule has 2 rings (SSSR count). The zero-order valence-electron chi connectivity index (χ0n) is 10.9. The number of amides is 1. The van der Waals surface area contributed by atoms with Crippen molar-refractivity contribution < 1.29 is 4.79 Å². The lowest BCUT2D eigenvalue weighted by Crippen LogP contribution is -2.46. The minimum Gasteiger partial charge on any atom is -0.368 e. The molecule has 1 aliphatic rings. The molecule has 1 aliphatic carbocycles. The Labute approximate surface area is 109 Å². The number of hydrogen-bond acceptors (Lipinski definition) is 2. The summed E-state index contributed by atoms with van der Waals surface area (Å²) in [6.45, 7) is 1.85. The van der Waals surface area contributed by atoms with Gasteiger partial charge in [-0.2, -0.15) is 0 Å². The van der Waals surface area contributed by atoms with Crippen LogP contribution in [0.15, 0.2) is 30.3 Å². The first kappa shape index (κ1) is 13.1. The first-order valence-corrected chi connectivity index (χ1v) is 6.76. The molecule has 0 bridgehead atoms. The molecule has 1 aromatic carbocycles. The smallest absolute Gasteiger partial charge is 0.234 e. The van der Waals surface area contributed by atoms with E-state index in [-0.39, 0.29) is 11.9 Å². The molecule has 1 aromatic rings. The quantitative estimate of drug-likeness (QED) is 0.833. The highest BCUT2D eigenvalue weighted by Crippen LogP contribution is 2.29. The molecular weight excluding hydrogens is 224 g/mol. The lowest BCUT2D eigenvalue weighted by Gasteiger charge is -2.23. The van der Waals surface area contributed by atoms with Crippen molar-refractivity contribution in [1.29, 1.82) is 0 Å². The summed E-state index contributed by atoms with van der Waals surface area (Å²) in [6, 6.07) is 10.7. The highest BCUT2D eigenvalue weighted by molar-refractivity contribution is 5.79. The molecular formula is C15H22N2O. The van der Waals surface area contributed by atoms with Crippen LogP contribution in [0.4, 0.5) is 0 Å². The second-order valence-electron chi connectivity index (χ2n) is 5.28. The predicted octanol–water partition coefficient (Wildman–Crippen LogP) is 1.86. The fraction of sp³-hybridized carbons (Fsp3) is 0.533. The Morgan fingerprint density at radius 2 is 2.11 bits per heavy atom. The number of carbonyl (C=O) groups excluding carboxylic acids is 1. The first-order chi connectivity index (χ1) is 8.66. The van der Waals surface area contributed by atoms with Gasteiger partial charge in [-0.05, 0) is 37.7 Å². The molecule has 3 heteroatoms. The number of rotatable bonds is 5. The molecule has 1 fully saturated rings. The fourth-order valence-electron chi connectivity index (χ4n) is 2.82. The maximum Gasteiger partial charge on any atom is 0.234 e. The van der Waals surface area contributed by atoms with Crippen molar-refractivity contribution in [2.75, 3.05) is 0 Å². The van der Waals surface area contributed by atoms with Crippen molar-refractivity contribution in [1.82, 2.24) is 5.32 Å². The molecule has 3 N–H and O–H groups in total. The van der Waals surface area contributed by atoms with Gasteiger partial charge in [-0.25, -0.2) is 0 Å². The van der Waals surface area contributed by atoms with Crippen LogP contribution in [0.5, 0.6) is 0 Å². The lowest BCUT2D eigenvalue weighted by atomic mass is 9.94. The summed E-state index contributed by atoms with van der Waals surface area (Å²) in [5.74, 6) is 0.356. The van der Waals surface area contributed by atoms with Crippen LogP contribution in [0.1, 0.15) is 31.7 Å². The van der Waals surface area contributed by atoms with Gasteiger partial charge in [0.05, 0.1) is 6.04 Å². The summed E-state index contributed by atoms with van der Waals surface area (Å²) in [5.41, 5.74) is 6.69. The normalized spacial score (nSPS) is 24.9. The molecule has 0 spiro atoms. The van der Waals surface area contributed by atoms with Gasteiger partial charge in [0, 0.05) is 6.04 Å². The van der Waals surface area contributed by atoms with Gasteiger partial charge in [0.1, 0.15) is 0 Å². The van der Waals surface area contributed by atoms with E-state index in [1.54, 1.807) is 0 Å². The Kier molecular flexibility index (Phi) is 4.37. The Hall–Kier alpha value is -1.35. The SMILES string of the molecule is CC(NC1CCCC1Cc1ccccc1)C(N)=O. The van der Waals surface area contributed by atoms with Crippen molar-refractivity contribution in [2.45, 2.75) is 44.7 Å². The topological polar surface area (TPSA) is 55.1 Å². The molecule has 0 aromatic heterocycles. The van der Waals surface area contributed by atoms with Crippen molar-refractivity contribution in [3.05, 3.63) is 35.9 Å². The Bertz CT molecular complexity index is 391. The number of hydrogen-bond donors (Lipinski definition) is 2. The van der Waals surface area contributed by atoms with Crippen molar-refractivity contribution in [2.24, 2.45) is 11.7 Å². The third-order valence-corrected chi connectivity index (χ3v) is 3.89. The van der Waals surface area contributed by atoms with Gasteiger partial charge < -0.3 is 11.1 Å². The number of primary amides is 1. The van der Waals surface area contributed by atoms with E-state index in [4.69, 9.17) is 5.73 Å². The Morgan fingerprint density at radius 1 is 1.39 bits per heavy atom. The van der Waals surface area contributed by atoms with E-state index in [1.165, 1.54) is 18.4 Å². The summed E-state index contributed by atoms with van der Waals surface area (Å²) in [7, 11) is 0. The summed E-state index contributed by atoms with van der Waals surface area (Å²) in [4.78, 5) is 11.1.